The van der Waals surface area contributed by atoms with Gasteiger partial charge in [-0.05, 0) is 67.1 Å². The average molecular weight is 560 g/mol. The topological polar surface area (TPSA) is 92.2 Å². The molecule has 0 aliphatic rings. The van der Waals surface area contributed by atoms with Crippen LogP contribution in [-0.4, -0.2) is 22.4 Å². The normalized spacial score (nSPS) is 10.7. The minimum atomic E-state index is -0.944. The van der Waals surface area contributed by atoms with Crippen LogP contribution in [0.25, 0.3) is 10.9 Å². The Kier molecular flexibility index (Phi) is 6.92. The Labute approximate surface area is 213 Å². The Morgan fingerprint density at radius 1 is 0.882 bits per heavy atom. The van der Waals surface area contributed by atoms with Crippen LogP contribution in [0.3, 0.4) is 0 Å². The molecule has 0 aliphatic heterocycles. The molecule has 34 heavy (non-hydrogen) atoms. The van der Waals surface area contributed by atoms with Gasteiger partial charge in [0.2, 0.25) is 0 Å². The fourth-order valence-electron chi connectivity index (χ4n) is 3.31. The molecule has 0 unspecified atom stereocenters. The molecule has 4 rings (SSSR count). The lowest BCUT2D eigenvalue weighted by Gasteiger charge is -2.13. The SMILES string of the molecule is Cc1cccc(NC(=O)C(=O)Nn2c(C(=O)Nc3ccc(Cl)cc3Cl)cc3cc(Br)ccc32)c1. The van der Waals surface area contributed by atoms with E-state index in [1.54, 1.807) is 54.6 Å². The van der Waals surface area contributed by atoms with Gasteiger partial charge in [0.15, 0.2) is 0 Å². The second-order valence-electron chi connectivity index (χ2n) is 7.41. The van der Waals surface area contributed by atoms with Crippen molar-refractivity contribution >= 4 is 79.1 Å². The number of benzene rings is 3. The Bertz CT molecular complexity index is 1450. The average Bonchev–Trinajstić information content (AvgIpc) is 3.13. The first-order valence-electron chi connectivity index (χ1n) is 9.97. The molecule has 0 spiro atoms. The van der Waals surface area contributed by atoms with Crippen molar-refractivity contribution in [3.8, 4) is 0 Å². The lowest BCUT2D eigenvalue weighted by atomic mass is 10.2. The molecule has 0 saturated carbocycles. The van der Waals surface area contributed by atoms with Crippen molar-refractivity contribution in [2.24, 2.45) is 0 Å². The summed E-state index contributed by atoms with van der Waals surface area (Å²) in [5.74, 6) is -2.37. The summed E-state index contributed by atoms with van der Waals surface area (Å²) in [5, 5.41) is 6.61. The molecular weight excluding hydrogens is 543 g/mol. The molecule has 0 radical (unpaired) electrons. The molecular formula is C24H17BrCl2N4O3. The molecule has 172 valence electrons. The van der Waals surface area contributed by atoms with Gasteiger partial charge in [0, 0.05) is 20.6 Å². The smallest absolute Gasteiger partial charge is 0.319 e. The summed E-state index contributed by atoms with van der Waals surface area (Å²) in [6.45, 7) is 1.87. The zero-order chi connectivity index (χ0) is 24.4. The van der Waals surface area contributed by atoms with Crippen LogP contribution in [-0.2, 0) is 9.59 Å². The van der Waals surface area contributed by atoms with Crippen LogP contribution in [0.4, 0.5) is 11.4 Å². The number of rotatable bonds is 4. The maximum absolute atomic E-state index is 13.1. The van der Waals surface area contributed by atoms with E-state index in [1.807, 2.05) is 13.0 Å². The van der Waals surface area contributed by atoms with Gasteiger partial charge in [0.05, 0.1) is 16.2 Å². The number of nitrogens with one attached hydrogen (secondary N) is 3. The maximum atomic E-state index is 13.1. The Balaban J connectivity index is 1.64. The van der Waals surface area contributed by atoms with Gasteiger partial charge in [-0.2, -0.15) is 0 Å². The van der Waals surface area contributed by atoms with Gasteiger partial charge < -0.3 is 10.6 Å². The van der Waals surface area contributed by atoms with Crippen LogP contribution < -0.4 is 16.1 Å². The zero-order valence-corrected chi connectivity index (χ0v) is 20.8. The van der Waals surface area contributed by atoms with Crippen molar-refractivity contribution in [3.05, 3.63) is 92.5 Å². The van der Waals surface area contributed by atoms with Gasteiger partial charge in [-0.15, -0.1) is 0 Å². The number of hydrogen-bond donors (Lipinski definition) is 3. The number of fused-ring (bicyclic) bond motifs is 1. The predicted octanol–water partition coefficient (Wildman–Crippen LogP) is 5.98. The molecule has 3 aromatic carbocycles. The van der Waals surface area contributed by atoms with E-state index >= 15 is 0 Å². The standard InChI is InChI=1S/C24H17BrCl2N4O3/c1-13-3-2-4-17(9-13)28-23(33)24(34)30-31-20-8-5-15(25)10-14(20)11-21(31)22(32)29-19-7-6-16(26)12-18(19)27/h2-12H,1H3,(H,28,33)(H,29,32)(H,30,34). The van der Waals surface area contributed by atoms with Gasteiger partial charge in [-0.25, -0.2) is 4.68 Å². The van der Waals surface area contributed by atoms with E-state index in [2.05, 4.69) is 32.0 Å². The van der Waals surface area contributed by atoms with Gasteiger partial charge in [-0.1, -0.05) is 51.3 Å². The van der Waals surface area contributed by atoms with Gasteiger partial charge in [0.25, 0.3) is 5.91 Å². The lowest BCUT2D eigenvalue weighted by molar-refractivity contribution is -0.133. The van der Waals surface area contributed by atoms with E-state index in [9.17, 15) is 14.4 Å². The minimum absolute atomic E-state index is 0.0934. The Morgan fingerprint density at radius 2 is 1.68 bits per heavy atom. The molecule has 7 nitrogen and oxygen atoms in total. The lowest BCUT2D eigenvalue weighted by Crippen LogP contribution is -2.36. The monoisotopic (exact) mass is 558 g/mol. The summed E-state index contributed by atoms with van der Waals surface area (Å²) in [5.41, 5.74) is 4.89. The summed E-state index contributed by atoms with van der Waals surface area (Å²) in [7, 11) is 0. The molecule has 3 N–H and O–H groups in total. The molecule has 1 heterocycles. The van der Waals surface area contributed by atoms with Crippen LogP contribution in [0.15, 0.2) is 71.2 Å². The minimum Gasteiger partial charge on any atom is -0.319 e. The first-order valence-corrected chi connectivity index (χ1v) is 11.5. The number of aromatic nitrogens is 1. The first-order chi connectivity index (χ1) is 16.2. The summed E-state index contributed by atoms with van der Waals surface area (Å²) in [6.07, 6.45) is 0. The van der Waals surface area contributed by atoms with Crippen LogP contribution >= 0.6 is 39.1 Å². The molecule has 0 atom stereocenters. The number of carbonyl (C=O) groups is 3. The van der Waals surface area contributed by atoms with E-state index in [1.165, 1.54) is 10.7 Å². The third-order valence-corrected chi connectivity index (χ3v) is 5.91. The Hall–Kier alpha value is -3.33. The number of aryl methyl sites for hydroxylation is 1. The van der Waals surface area contributed by atoms with Crippen molar-refractivity contribution in [3.63, 3.8) is 0 Å². The maximum Gasteiger partial charge on any atom is 0.328 e. The number of nitrogens with zero attached hydrogens (tertiary/aromatic N) is 1. The molecule has 3 amide bonds. The fourth-order valence-corrected chi connectivity index (χ4v) is 4.15. The number of halogens is 3. The van der Waals surface area contributed by atoms with Gasteiger partial charge in [-0.3, -0.25) is 19.8 Å². The molecule has 10 heteroatoms. The van der Waals surface area contributed by atoms with E-state index in [-0.39, 0.29) is 10.7 Å². The molecule has 1 aromatic heterocycles. The highest BCUT2D eigenvalue weighted by atomic mass is 79.9. The molecule has 0 saturated heterocycles. The number of carbonyl (C=O) groups excluding carboxylic acids is 3. The summed E-state index contributed by atoms with van der Waals surface area (Å²) in [4.78, 5) is 38.3. The van der Waals surface area contributed by atoms with Crippen molar-refractivity contribution in [2.45, 2.75) is 6.92 Å². The van der Waals surface area contributed by atoms with Crippen molar-refractivity contribution in [2.75, 3.05) is 16.1 Å². The van der Waals surface area contributed by atoms with E-state index in [0.717, 1.165) is 10.0 Å². The second kappa shape index (κ2) is 9.89. The number of anilines is 2. The highest BCUT2D eigenvalue weighted by molar-refractivity contribution is 9.10. The van der Waals surface area contributed by atoms with E-state index in [4.69, 9.17) is 23.2 Å². The third-order valence-electron chi connectivity index (χ3n) is 4.87. The summed E-state index contributed by atoms with van der Waals surface area (Å²) < 4.78 is 2.05. The Morgan fingerprint density at radius 3 is 2.41 bits per heavy atom. The fraction of sp³-hybridized carbons (Fsp3) is 0.0417. The van der Waals surface area contributed by atoms with E-state index in [0.29, 0.717) is 27.3 Å². The van der Waals surface area contributed by atoms with Gasteiger partial charge in [0.1, 0.15) is 5.69 Å². The van der Waals surface area contributed by atoms with Gasteiger partial charge >= 0.3 is 11.8 Å². The zero-order valence-electron chi connectivity index (χ0n) is 17.7. The number of amides is 3. The van der Waals surface area contributed by atoms with Crippen molar-refractivity contribution in [1.29, 1.82) is 0 Å². The van der Waals surface area contributed by atoms with Crippen LogP contribution in [0, 0.1) is 6.92 Å². The highest BCUT2D eigenvalue weighted by Crippen LogP contribution is 2.27. The second-order valence-corrected chi connectivity index (χ2v) is 9.17. The molecule has 0 bridgehead atoms. The summed E-state index contributed by atoms with van der Waals surface area (Å²) in [6, 6.07) is 18.6. The van der Waals surface area contributed by atoms with Crippen LogP contribution in [0.1, 0.15) is 16.1 Å². The largest absolute Gasteiger partial charge is 0.328 e. The summed E-state index contributed by atoms with van der Waals surface area (Å²) >= 11 is 15.5. The third kappa shape index (κ3) is 5.25. The predicted molar refractivity (Wildman–Crippen MR) is 138 cm³/mol. The molecule has 0 fully saturated rings. The van der Waals surface area contributed by atoms with E-state index < -0.39 is 17.7 Å². The van der Waals surface area contributed by atoms with Crippen molar-refractivity contribution < 1.29 is 14.4 Å². The quantitative estimate of drug-likeness (QED) is 0.268. The van der Waals surface area contributed by atoms with Crippen molar-refractivity contribution in [1.82, 2.24) is 4.68 Å². The highest BCUT2D eigenvalue weighted by Gasteiger charge is 2.21. The number of hydrogen-bond acceptors (Lipinski definition) is 3. The molecule has 0 aliphatic carbocycles. The first kappa shape index (κ1) is 23.8. The molecule has 4 aromatic rings. The van der Waals surface area contributed by atoms with Crippen LogP contribution in [0.2, 0.25) is 10.0 Å². The van der Waals surface area contributed by atoms with Crippen LogP contribution in [0.5, 0.6) is 0 Å².